The number of aromatic nitrogens is 4. The van der Waals surface area contributed by atoms with Gasteiger partial charge in [-0.25, -0.2) is 18.7 Å². The summed E-state index contributed by atoms with van der Waals surface area (Å²) in [7, 11) is 1.56. The lowest BCUT2D eigenvalue weighted by atomic mass is 9.90. The smallest absolute Gasteiger partial charge is 0.212 e. The van der Waals surface area contributed by atoms with Crippen LogP contribution in [-0.4, -0.2) is 38.9 Å². The van der Waals surface area contributed by atoms with E-state index in [0.29, 0.717) is 49.2 Å². The Morgan fingerprint density at radius 3 is 2.76 bits per heavy atom. The van der Waals surface area contributed by atoms with E-state index in [0.717, 1.165) is 5.39 Å². The lowest BCUT2D eigenvalue weighted by Gasteiger charge is -2.35. The number of thiazole rings is 1. The number of benzene rings is 1. The van der Waals surface area contributed by atoms with E-state index in [4.69, 9.17) is 18.6 Å². The van der Waals surface area contributed by atoms with Crippen LogP contribution in [0.5, 0.6) is 11.5 Å². The Morgan fingerprint density at radius 2 is 2.03 bits per heavy atom. The molecule has 1 aliphatic rings. The molecule has 0 saturated carbocycles. The number of imidazole rings is 1. The molecular formula is C26H26F2N4O4S2. The second kappa shape index (κ2) is 9.58. The molecule has 38 heavy (non-hydrogen) atoms. The van der Waals surface area contributed by atoms with Crippen molar-refractivity contribution in [2.45, 2.75) is 64.3 Å². The van der Waals surface area contributed by atoms with Gasteiger partial charge >= 0.3 is 0 Å². The molecule has 12 heteroatoms. The van der Waals surface area contributed by atoms with Crippen LogP contribution in [0.25, 0.3) is 27.4 Å². The molecule has 0 bridgehead atoms. The minimum absolute atomic E-state index is 0.151. The van der Waals surface area contributed by atoms with Crippen LogP contribution >= 0.6 is 22.7 Å². The molecule has 5 heterocycles. The van der Waals surface area contributed by atoms with Crippen molar-refractivity contribution >= 4 is 38.6 Å². The first-order valence-electron chi connectivity index (χ1n) is 12.2. The van der Waals surface area contributed by atoms with Gasteiger partial charge in [0, 0.05) is 30.4 Å². The molecule has 1 aromatic carbocycles. The van der Waals surface area contributed by atoms with Crippen LogP contribution in [0.2, 0.25) is 0 Å². The van der Waals surface area contributed by atoms with Crippen molar-refractivity contribution in [2.75, 3.05) is 7.11 Å². The van der Waals surface area contributed by atoms with Gasteiger partial charge in [-0.2, -0.15) is 9.61 Å². The van der Waals surface area contributed by atoms with Crippen LogP contribution in [0.3, 0.4) is 0 Å². The van der Waals surface area contributed by atoms with Gasteiger partial charge in [-0.1, -0.05) is 11.3 Å². The largest absolute Gasteiger partial charge is 0.496 e. The van der Waals surface area contributed by atoms with E-state index in [-0.39, 0.29) is 31.7 Å². The topological polar surface area (TPSA) is 83.9 Å². The zero-order valence-corrected chi connectivity index (χ0v) is 22.9. The van der Waals surface area contributed by atoms with Crippen molar-refractivity contribution in [3.05, 3.63) is 45.5 Å². The lowest BCUT2D eigenvalue weighted by Crippen LogP contribution is -2.38. The summed E-state index contributed by atoms with van der Waals surface area (Å²) in [6.45, 7) is 5.37. The fourth-order valence-corrected chi connectivity index (χ4v) is 6.59. The third kappa shape index (κ3) is 4.54. The van der Waals surface area contributed by atoms with Crippen molar-refractivity contribution in [1.82, 2.24) is 19.6 Å². The maximum absolute atomic E-state index is 15.7. The first-order chi connectivity index (χ1) is 18.2. The van der Waals surface area contributed by atoms with Gasteiger partial charge in [0.15, 0.2) is 22.6 Å². The van der Waals surface area contributed by atoms with Crippen molar-refractivity contribution in [2.24, 2.45) is 0 Å². The number of alkyl halides is 2. The van der Waals surface area contributed by atoms with Crippen LogP contribution in [0.4, 0.5) is 8.78 Å². The van der Waals surface area contributed by atoms with Gasteiger partial charge in [0.2, 0.25) is 4.96 Å². The Hall–Kier alpha value is -3.09. The van der Waals surface area contributed by atoms with E-state index >= 15 is 4.39 Å². The van der Waals surface area contributed by atoms with Gasteiger partial charge in [-0.15, -0.1) is 11.3 Å². The summed E-state index contributed by atoms with van der Waals surface area (Å²) in [6, 6.07) is 5.37. The van der Waals surface area contributed by atoms with Gasteiger partial charge in [0.05, 0.1) is 36.6 Å². The number of methoxy groups -OCH3 is 1. The maximum Gasteiger partial charge on any atom is 0.212 e. The molecule has 4 aromatic heterocycles. The highest BCUT2D eigenvalue weighted by atomic mass is 32.1. The van der Waals surface area contributed by atoms with Crippen LogP contribution in [0, 0.1) is 0 Å². The number of halogens is 2. The standard InChI is InChI=1S/C26H26F2N4O4S2/c1-13-8-26(28,9-14(2)35-13)24-30-16(12-37-24)11-34-20-5-17(33-4)6-21-18(20)7-22(36-21)19-10-29-25-32(19)31-23(38-25)15(3)27/h5-7,10,12-15H,8-9,11H2,1-4H3/t13?,14?,15-,26?/m0/s1. The third-order valence-electron chi connectivity index (χ3n) is 6.50. The molecule has 5 aromatic rings. The van der Waals surface area contributed by atoms with E-state index in [1.54, 1.807) is 30.0 Å². The summed E-state index contributed by atoms with van der Waals surface area (Å²) in [4.78, 5) is 9.49. The fourth-order valence-electron chi connectivity index (χ4n) is 4.88. The maximum atomic E-state index is 15.7. The average Bonchev–Trinajstić information content (AvgIpc) is 3.64. The molecule has 1 fully saturated rings. The lowest BCUT2D eigenvalue weighted by molar-refractivity contribution is -0.101. The number of hydrogen-bond acceptors (Lipinski definition) is 9. The summed E-state index contributed by atoms with van der Waals surface area (Å²) in [5, 5.41) is 7.69. The number of nitrogens with zero attached hydrogens (tertiary/aromatic N) is 4. The first-order valence-corrected chi connectivity index (χ1v) is 13.9. The molecule has 3 atom stereocenters. The van der Waals surface area contributed by atoms with Crippen molar-refractivity contribution in [3.8, 4) is 23.0 Å². The second-order valence-corrected chi connectivity index (χ2v) is 11.5. The molecule has 0 aliphatic carbocycles. The predicted octanol–water partition coefficient (Wildman–Crippen LogP) is 7.03. The van der Waals surface area contributed by atoms with Crippen molar-refractivity contribution in [3.63, 3.8) is 0 Å². The highest BCUT2D eigenvalue weighted by molar-refractivity contribution is 7.16. The fraction of sp³-hybridized carbons (Fsp3) is 0.423. The van der Waals surface area contributed by atoms with E-state index in [9.17, 15) is 4.39 Å². The highest BCUT2D eigenvalue weighted by Crippen LogP contribution is 2.43. The first kappa shape index (κ1) is 25.2. The average molecular weight is 561 g/mol. The van der Waals surface area contributed by atoms with E-state index < -0.39 is 11.8 Å². The molecule has 1 saturated heterocycles. The monoisotopic (exact) mass is 560 g/mol. The van der Waals surface area contributed by atoms with E-state index in [1.807, 2.05) is 25.3 Å². The SMILES string of the molecule is COc1cc(OCc2csc(C3(F)CC(C)OC(C)C3)n2)c2cc(-c3cnc4sc([C@H](C)F)nn34)oc2c1. The number of fused-ring (bicyclic) bond motifs is 2. The molecule has 200 valence electrons. The Morgan fingerprint density at radius 1 is 1.24 bits per heavy atom. The molecule has 2 unspecified atom stereocenters. The van der Waals surface area contributed by atoms with Crippen LogP contribution in [0.15, 0.2) is 34.2 Å². The van der Waals surface area contributed by atoms with Crippen LogP contribution in [0.1, 0.15) is 55.5 Å². The Labute approximate surface area is 225 Å². The molecule has 1 aliphatic heterocycles. The van der Waals surface area contributed by atoms with Gasteiger partial charge in [-0.05, 0) is 26.8 Å². The van der Waals surface area contributed by atoms with Crippen LogP contribution < -0.4 is 9.47 Å². The molecule has 6 rings (SSSR count). The predicted molar refractivity (Wildman–Crippen MR) is 141 cm³/mol. The summed E-state index contributed by atoms with van der Waals surface area (Å²) >= 11 is 2.50. The number of hydrogen-bond donors (Lipinski definition) is 0. The van der Waals surface area contributed by atoms with Crippen LogP contribution in [-0.2, 0) is 17.0 Å². The minimum Gasteiger partial charge on any atom is -0.496 e. The van der Waals surface area contributed by atoms with E-state index in [1.165, 1.54) is 29.6 Å². The molecule has 8 nitrogen and oxygen atoms in total. The number of ether oxygens (including phenoxy) is 3. The Balaban J connectivity index is 1.28. The Bertz CT molecular complexity index is 1600. The summed E-state index contributed by atoms with van der Waals surface area (Å²) in [5.74, 6) is 1.59. The molecule has 0 spiro atoms. The zero-order valence-electron chi connectivity index (χ0n) is 21.2. The van der Waals surface area contributed by atoms with Gasteiger partial charge in [0.25, 0.3) is 0 Å². The quantitative estimate of drug-likeness (QED) is 0.211. The number of rotatable bonds is 7. The summed E-state index contributed by atoms with van der Waals surface area (Å²) in [6.07, 6.45) is 0.689. The minimum atomic E-state index is -1.51. The molecule has 0 radical (unpaired) electrons. The zero-order chi connectivity index (χ0) is 26.6. The Kier molecular flexibility index (Phi) is 6.36. The number of furan rings is 1. The van der Waals surface area contributed by atoms with Gasteiger partial charge < -0.3 is 18.6 Å². The van der Waals surface area contributed by atoms with E-state index in [2.05, 4.69) is 15.1 Å². The van der Waals surface area contributed by atoms with Crippen molar-refractivity contribution in [1.29, 1.82) is 0 Å². The highest BCUT2D eigenvalue weighted by Gasteiger charge is 2.42. The van der Waals surface area contributed by atoms with Gasteiger partial charge in [-0.3, -0.25) is 0 Å². The second-order valence-electron chi connectivity index (χ2n) is 9.61. The van der Waals surface area contributed by atoms with Crippen molar-refractivity contribution < 1.29 is 27.4 Å². The molecule has 0 amide bonds. The van der Waals surface area contributed by atoms with Gasteiger partial charge in [0.1, 0.15) is 34.4 Å². The third-order valence-corrected chi connectivity index (χ3v) is 8.65. The molecule has 0 N–H and O–H groups in total. The molecular weight excluding hydrogens is 534 g/mol. The normalized spacial score (nSPS) is 22.8. The summed E-state index contributed by atoms with van der Waals surface area (Å²) in [5.41, 5.74) is 0.280. The summed E-state index contributed by atoms with van der Waals surface area (Å²) < 4.78 is 54.5.